The van der Waals surface area contributed by atoms with Gasteiger partial charge in [0, 0.05) is 17.5 Å². The van der Waals surface area contributed by atoms with E-state index in [-0.39, 0.29) is 0 Å². The smallest absolute Gasteiger partial charge is 0.0932 e. The third kappa shape index (κ3) is 3.02. The van der Waals surface area contributed by atoms with Crippen LogP contribution in [0.4, 0.5) is 0 Å². The van der Waals surface area contributed by atoms with Crippen molar-refractivity contribution in [2.24, 2.45) is 5.41 Å². The minimum atomic E-state index is 0.365. The fraction of sp³-hybridized carbons (Fsp3) is 0.667. The van der Waals surface area contributed by atoms with Crippen LogP contribution in [-0.4, -0.2) is 4.98 Å². The standard InChI is InChI=1S/C9H15NS/c1-7-6-10-8(11-7)5-9(2,3)4/h6H,5H2,1-4H3. The first kappa shape index (κ1) is 8.72. The molecule has 1 heterocycles. The van der Waals surface area contributed by atoms with E-state index in [0.29, 0.717) is 5.41 Å². The number of thiazole rings is 1. The van der Waals surface area contributed by atoms with Crippen molar-refractivity contribution in [2.45, 2.75) is 34.1 Å². The van der Waals surface area contributed by atoms with Crippen molar-refractivity contribution in [1.29, 1.82) is 0 Å². The molecule has 1 aromatic rings. The minimum absolute atomic E-state index is 0.365. The second kappa shape index (κ2) is 2.94. The van der Waals surface area contributed by atoms with Crippen LogP contribution in [0.5, 0.6) is 0 Å². The van der Waals surface area contributed by atoms with Gasteiger partial charge in [0.25, 0.3) is 0 Å². The SMILES string of the molecule is Cc1cnc(CC(C)(C)C)s1. The molecule has 0 saturated carbocycles. The Morgan fingerprint density at radius 1 is 1.45 bits per heavy atom. The van der Waals surface area contributed by atoms with Gasteiger partial charge in [-0.05, 0) is 12.3 Å². The van der Waals surface area contributed by atoms with Crippen LogP contribution in [0.1, 0.15) is 30.7 Å². The number of aryl methyl sites for hydroxylation is 1. The molecule has 0 spiro atoms. The number of rotatable bonds is 1. The van der Waals surface area contributed by atoms with Crippen LogP contribution in [-0.2, 0) is 6.42 Å². The van der Waals surface area contributed by atoms with E-state index in [1.807, 2.05) is 6.20 Å². The van der Waals surface area contributed by atoms with Gasteiger partial charge in [-0.2, -0.15) is 0 Å². The van der Waals surface area contributed by atoms with Crippen molar-refractivity contribution in [3.8, 4) is 0 Å². The van der Waals surface area contributed by atoms with E-state index in [2.05, 4.69) is 32.7 Å². The molecule has 1 aromatic heterocycles. The fourth-order valence-electron chi connectivity index (χ4n) is 0.937. The molecular formula is C9H15NS. The second-order valence-electron chi connectivity index (χ2n) is 4.10. The summed E-state index contributed by atoms with van der Waals surface area (Å²) in [5, 5.41) is 1.26. The largest absolute Gasteiger partial charge is 0.249 e. The monoisotopic (exact) mass is 169 g/mol. The fourth-order valence-corrected chi connectivity index (χ4v) is 2.02. The summed E-state index contributed by atoms with van der Waals surface area (Å²) in [4.78, 5) is 5.63. The molecule has 0 atom stereocenters. The van der Waals surface area contributed by atoms with Crippen LogP contribution >= 0.6 is 11.3 Å². The summed E-state index contributed by atoms with van der Waals surface area (Å²) >= 11 is 1.80. The lowest BCUT2D eigenvalue weighted by Gasteiger charge is -2.15. The lowest BCUT2D eigenvalue weighted by atomic mass is 9.93. The Hall–Kier alpha value is -0.370. The van der Waals surface area contributed by atoms with Crippen molar-refractivity contribution >= 4 is 11.3 Å². The van der Waals surface area contributed by atoms with Gasteiger partial charge in [-0.1, -0.05) is 20.8 Å². The van der Waals surface area contributed by atoms with Gasteiger partial charge in [0.2, 0.25) is 0 Å². The summed E-state index contributed by atoms with van der Waals surface area (Å²) in [6.45, 7) is 8.82. The molecule has 11 heavy (non-hydrogen) atoms. The second-order valence-corrected chi connectivity index (χ2v) is 5.42. The molecule has 2 heteroatoms. The normalized spacial score (nSPS) is 12.0. The zero-order valence-electron chi connectivity index (χ0n) is 7.64. The molecule has 0 N–H and O–H groups in total. The molecule has 1 nitrogen and oxygen atoms in total. The molecule has 0 radical (unpaired) electrons. The van der Waals surface area contributed by atoms with E-state index in [1.54, 1.807) is 11.3 Å². The van der Waals surface area contributed by atoms with Crippen molar-refractivity contribution < 1.29 is 0 Å². The minimum Gasteiger partial charge on any atom is -0.249 e. The van der Waals surface area contributed by atoms with Crippen LogP contribution in [0.3, 0.4) is 0 Å². The summed E-state index contributed by atoms with van der Waals surface area (Å²) < 4.78 is 0. The molecule has 0 aliphatic rings. The highest BCUT2D eigenvalue weighted by Crippen LogP contribution is 2.23. The Morgan fingerprint density at radius 2 is 2.09 bits per heavy atom. The van der Waals surface area contributed by atoms with Crippen LogP contribution in [0.2, 0.25) is 0 Å². The maximum absolute atomic E-state index is 4.32. The molecule has 0 aromatic carbocycles. The zero-order chi connectivity index (χ0) is 8.48. The van der Waals surface area contributed by atoms with E-state index in [4.69, 9.17) is 0 Å². The van der Waals surface area contributed by atoms with Crippen molar-refractivity contribution in [3.63, 3.8) is 0 Å². The first-order valence-corrected chi connectivity index (χ1v) is 4.70. The summed E-state index contributed by atoms with van der Waals surface area (Å²) in [7, 11) is 0. The summed E-state index contributed by atoms with van der Waals surface area (Å²) in [6.07, 6.45) is 3.04. The molecule has 0 bridgehead atoms. The van der Waals surface area contributed by atoms with Crippen LogP contribution in [0.25, 0.3) is 0 Å². The van der Waals surface area contributed by atoms with Crippen LogP contribution in [0, 0.1) is 12.3 Å². The number of hydrogen-bond donors (Lipinski definition) is 0. The highest BCUT2D eigenvalue weighted by Gasteiger charge is 2.12. The van der Waals surface area contributed by atoms with E-state index >= 15 is 0 Å². The summed E-state index contributed by atoms with van der Waals surface area (Å²) in [6, 6.07) is 0. The Labute approximate surface area is 72.5 Å². The molecular weight excluding hydrogens is 154 g/mol. The molecule has 0 aliphatic carbocycles. The Morgan fingerprint density at radius 3 is 2.45 bits per heavy atom. The average Bonchev–Trinajstić information content (AvgIpc) is 2.10. The van der Waals surface area contributed by atoms with E-state index < -0.39 is 0 Å². The first-order valence-electron chi connectivity index (χ1n) is 3.89. The maximum atomic E-state index is 4.32. The Balaban J connectivity index is 2.65. The number of nitrogens with zero attached hydrogens (tertiary/aromatic N) is 1. The molecule has 0 unspecified atom stereocenters. The Kier molecular flexibility index (Phi) is 2.33. The highest BCUT2D eigenvalue weighted by atomic mass is 32.1. The average molecular weight is 169 g/mol. The van der Waals surface area contributed by atoms with Gasteiger partial charge in [-0.25, -0.2) is 4.98 Å². The molecule has 0 saturated heterocycles. The maximum Gasteiger partial charge on any atom is 0.0932 e. The van der Waals surface area contributed by atoms with Gasteiger partial charge in [0.05, 0.1) is 5.01 Å². The van der Waals surface area contributed by atoms with Crippen molar-refractivity contribution in [2.75, 3.05) is 0 Å². The lowest BCUT2D eigenvalue weighted by molar-refractivity contribution is 0.410. The highest BCUT2D eigenvalue weighted by molar-refractivity contribution is 7.11. The van der Waals surface area contributed by atoms with Crippen molar-refractivity contribution in [3.05, 3.63) is 16.1 Å². The third-order valence-corrected chi connectivity index (χ3v) is 2.26. The van der Waals surface area contributed by atoms with E-state index in [9.17, 15) is 0 Å². The van der Waals surface area contributed by atoms with Crippen LogP contribution < -0.4 is 0 Å². The summed E-state index contributed by atoms with van der Waals surface area (Å²) in [5.74, 6) is 0. The molecule has 0 aliphatic heterocycles. The van der Waals surface area contributed by atoms with Gasteiger partial charge < -0.3 is 0 Å². The molecule has 0 amide bonds. The van der Waals surface area contributed by atoms with Gasteiger partial charge in [-0.15, -0.1) is 11.3 Å². The lowest BCUT2D eigenvalue weighted by Crippen LogP contribution is -2.08. The molecule has 1 rings (SSSR count). The predicted molar refractivity (Wildman–Crippen MR) is 50.0 cm³/mol. The Bertz CT molecular complexity index is 232. The quantitative estimate of drug-likeness (QED) is 0.629. The zero-order valence-corrected chi connectivity index (χ0v) is 8.46. The number of hydrogen-bond acceptors (Lipinski definition) is 2. The first-order chi connectivity index (χ1) is 4.97. The van der Waals surface area contributed by atoms with E-state index in [0.717, 1.165) is 6.42 Å². The topological polar surface area (TPSA) is 12.9 Å². The predicted octanol–water partition coefficient (Wildman–Crippen LogP) is 3.04. The molecule has 0 fully saturated rings. The van der Waals surface area contributed by atoms with Crippen LogP contribution in [0.15, 0.2) is 6.20 Å². The van der Waals surface area contributed by atoms with Gasteiger partial charge in [-0.3, -0.25) is 0 Å². The summed E-state index contributed by atoms with van der Waals surface area (Å²) in [5.41, 5.74) is 0.365. The van der Waals surface area contributed by atoms with E-state index in [1.165, 1.54) is 9.88 Å². The van der Waals surface area contributed by atoms with Gasteiger partial charge in [0.1, 0.15) is 0 Å². The van der Waals surface area contributed by atoms with Crippen molar-refractivity contribution in [1.82, 2.24) is 4.98 Å². The number of aromatic nitrogens is 1. The third-order valence-electron chi connectivity index (χ3n) is 1.35. The van der Waals surface area contributed by atoms with Gasteiger partial charge in [0.15, 0.2) is 0 Å². The van der Waals surface area contributed by atoms with Gasteiger partial charge >= 0.3 is 0 Å². The molecule has 62 valence electrons.